The third kappa shape index (κ3) is 18.9. The fourth-order valence-corrected chi connectivity index (χ4v) is 8.54. The van der Waals surface area contributed by atoms with E-state index in [9.17, 15) is 5.53 Å². The normalized spacial score (nSPS) is 12.8. The minimum atomic E-state index is 0.897. The number of rotatable bonds is 29. The molecule has 0 spiro atoms. The molecule has 53 heavy (non-hydrogen) atoms. The van der Waals surface area contributed by atoms with Crippen molar-refractivity contribution in [2.45, 2.75) is 220 Å². The summed E-state index contributed by atoms with van der Waals surface area (Å²) in [5, 5.41) is 2.85. The minimum Gasteiger partial charge on any atom is -0.493 e. The summed E-state index contributed by atoms with van der Waals surface area (Å²) in [5.74, 6) is 0. The second-order valence-corrected chi connectivity index (χ2v) is 17.0. The molecule has 0 N–H and O–H groups in total. The standard InChI is InChI=1S/C32H44N2.2C9H19.Ni/c1-6-11-13-15-26-17-24(8-3)19-29(21-26)31-23-28(10-5)32(34(31)33)30-20-25(9-4)18-27(22-30)16-14-12-7-2;2*1-3-5-7-9-8-6-4-2;/h17-23H,6-16H2,1-5H3;2*1,3-9H2,2H3;. The Kier molecular flexibility index (Phi) is 26.9. The largest absolute Gasteiger partial charge is 0.493 e. The van der Waals surface area contributed by atoms with Gasteiger partial charge in [-0.3, -0.25) is 0 Å². The Morgan fingerprint density at radius 1 is 0.434 bits per heavy atom. The van der Waals surface area contributed by atoms with Gasteiger partial charge in [0.1, 0.15) is 0 Å². The van der Waals surface area contributed by atoms with Crippen molar-refractivity contribution < 1.29 is 19.1 Å². The van der Waals surface area contributed by atoms with Gasteiger partial charge in [-0.05, 0) is 91.5 Å². The van der Waals surface area contributed by atoms with Crippen molar-refractivity contribution in [1.82, 2.24) is 0 Å². The molecule has 0 unspecified atom stereocenters. The van der Waals surface area contributed by atoms with Gasteiger partial charge in [-0.1, -0.05) is 72.4 Å². The van der Waals surface area contributed by atoms with Gasteiger partial charge < -0.3 is 5.53 Å². The fourth-order valence-electron chi connectivity index (χ4n) is 7.31. The van der Waals surface area contributed by atoms with E-state index in [1.807, 2.05) is 14.4 Å². The molecule has 2 nitrogen and oxygen atoms in total. The molecule has 0 aromatic heterocycles. The molecule has 3 rings (SSSR count). The zero-order valence-corrected chi connectivity index (χ0v) is 36.8. The van der Waals surface area contributed by atoms with E-state index < -0.39 is 0 Å². The second kappa shape index (κ2) is 30.3. The molecule has 2 aromatic rings. The second-order valence-electron chi connectivity index (χ2n) is 15.5. The first-order valence-corrected chi connectivity index (χ1v) is 24.0. The third-order valence-electron chi connectivity index (χ3n) is 10.7. The van der Waals surface area contributed by atoms with E-state index in [1.165, 1.54) is 172 Å². The van der Waals surface area contributed by atoms with Gasteiger partial charge in [0.2, 0.25) is 11.4 Å². The molecular weight excluding hydrogens is 687 g/mol. The molecule has 2 aromatic carbocycles. The van der Waals surface area contributed by atoms with Gasteiger partial charge in [0.25, 0.3) is 0 Å². The predicted octanol–water partition coefficient (Wildman–Crippen LogP) is 16.9. The Labute approximate surface area is 335 Å². The van der Waals surface area contributed by atoms with Gasteiger partial charge in [-0.25, -0.2) is 4.70 Å². The summed E-state index contributed by atoms with van der Waals surface area (Å²) in [7, 11) is 0. The van der Waals surface area contributed by atoms with E-state index in [0.717, 1.165) is 54.6 Å². The first-order chi connectivity index (χ1) is 26.0. The van der Waals surface area contributed by atoms with Crippen molar-refractivity contribution >= 4 is 11.4 Å². The Morgan fingerprint density at radius 3 is 1.28 bits per heavy atom. The van der Waals surface area contributed by atoms with Crippen molar-refractivity contribution in [2.75, 3.05) is 0 Å². The van der Waals surface area contributed by atoms with Crippen LogP contribution >= 0.6 is 0 Å². The molecule has 0 fully saturated rings. The number of allylic oxidation sites excluding steroid dienone is 2. The summed E-state index contributed by atoms with van der Waals surface area (Å²) < 4.78 is 1.47. The maximum absolute atomic E-state index is 11.5. The number of unbranched alkanes of at least 4 members (excludes halogenated alkanes) is 16. The van der Waals surface area contributed by atoms with E-state index in [4.69, 9.17) is 0 Å². The third-order valence-corrected chi connectivity index (χ3v) is 12.1. The topological polar surface area (TPSA) is 25.3 Å². The average molecular weight is 770 g/mol. The van der Waals surface area contributed by atoms with E-state index in [2.05, 4.69) is 90.9 Å². The molecule has 3 heteroatoms. The SMILES string of the molecule is CCCCCCCC[CH2][Ni][CH2]CCCCCCCC.CCCCCc1cc(CC)cc(C2=CC(CC)=C(c3cc(CC)cc(CCCCC)c3)[N+]2=[N-])c1. The number of aryl methyl sites for hydroxylation is 4. The van der Waals surface area contributed by atoms with E-state index >= 15 is 0 Å². The van der Waals surface area contributed by atoms with Gasteiger partial charge in [0, 0.05) is 22.8 Å². The fraction of sp³-hybridized carbons (Fsp3) is 0.680. The van der Waals surface area contributed by atoms with Crippen LogP contribution in [0.1, 0.15) is 217 Å². The Hall–Kier alpha value is -1.99. The average Bonchev–Trinajstić information content (AvgIpc) is 3.52. The van der Waals surface area contributed by atoms with Gasteiger partial charge in [-0.15, -0.1) is 0 Å². The summed E-state index contributed by atoms with van der Waals surface area (Å²) in [6.45, 7) is 15.7. The van der Waals surface area contributed by atoms with Crippen molar-refractivity contribution in [3.05, 3.63) is 87.0 Å². The van der Waals surface area contributed by atoms with Crippen LogP contribution in [0.3, 0.4) is 0 Å². The molecule has 1 aliphatic heterocycles. The maximum atomic E-state index is 11.5. The number of nitrogens with zero attached hydrogens (tertiary/aromatic N) is 2. The molecular formula is C50H82N2Ni. The first-order valence-electron chi connectivity index (χ1n) is 22.6. The van der Waals surface area contributed by atoms with Crippen LogP contribution < -0.4 is 0 Å². The Morgan fingerprint density at radius 2 is 0.830 bits per heavy atom. The molecule has 1 heterocycles. The van der Waals surface area contributed by atoms with Crippen molar-refractivity contribution in [1.29, 1.82) is 0 Å². The van der Waals surface area contributed by atoms with Crippen LogP contribution in [0.4, 0.5) is 0 Å². The van der Waals surface area contributed by atoms with Crippen LogP contribution in [-0.2, 0) is 40.1 Å². The van der Waals surface area contributed by atoms with Crippen molar-refractivity contribution in [3.8, 4) is 0 Å². The smallest absolute Gasteiger partial charge is 0.210 e. The van der Waals surface area contributed by atoms with Crippen LogP contribution in [0.2, 0.25) is 10.8 Å². The van der Waals surface area contributed by atoms with Crippen molar-refractivity contribution in [3.63, 3.8) is 0 Å². The summed E-state index contributed by atoms with van der Waals surface area (Å²) in [6.07, 6.45) is 35.1. The van der Waals surface area contributed by atoms with Gasteiger partial charge >= 0.3 is 129 Å². The van der Waals surface area contributed by atoms with E-state index in [-0.39, 0.29) is 0 Å². The van der Waals surface area contributed by atoms with E-state index in [1.54, 1.807) is 0 Å². The molecule has 0 bridgehead atoms. The van der Waals surface area contributed by atoms with Gasteiger partial charge in [0.15, 0.2) is 0 Å². The van der Waals surface area contributed by atoms with Crippen LogP contribution in [-0.4, -0.2) is 4.70 Å². The van der Waals surface area contributed by atoms with Gasteiger partial charge in [-0.2, -0.15) is 0 Å². The molecule has 0 radical (unpaired) electrons. The minimum absolute atomic E-state index is 0.897. The molecule has 0 amide bonds. The molecule has 0 aliphatic carbocycles. The van der Waals surface area contributed by atoms with Crippen LogP contribution in [0.15, 0.2) is 48.0 Å². The Bertz CT molecular complexity index is 1320. The van der Waals surface area contributed by atoms with Crippen LogP contribution in [0, 0.1) is 0 Å². The predicted molar refractivity (Wildman–Crippen MR) is 233 cm³/mol. The van der Waals surface area contributed by atoms with Gasteiger partial charge in [0.05, 0.1) is 0 Å². The Balaban J connectivity index is 0.000000436. The summed E-state index contributed by atoms with van der Waals surface area (Å²) in [4.78, 5) is 0. The molecule has 0 atom stereocenters. The summed E-state index contributed by atoms with van der Waals surface area (Å²) in [5.41, 5.74) is 22.3. The zero-order valence-electron chi connectivity index (χ0n) is 35.8. The van der Waals surface area contributed by atoms with E-state index in [0.29, 0.717) is 0 Å². The molecule has 0 saturated heterocycles. The quantitative estimate of drug-likeness (QED) is 0.0447. The monoisotopic (exact) mass is 769 g/mol. The molecule has 1 aliphatic rings. The summed E-state index contributed by atoms with van der Waals surface area (Å²) >= 11 is 2.01. The number of hydrogen-bond donors (Lipinski definition) is 0. The first kappa shape index (κ1) is 47.2. The summed E-state index contributed by atoms with van der Waals surface area (Å²) in [6, 6.07) is 13.8. The number of benzene rings is 2. The van der Waals surface area contributed by atoms with Crippen LogP contribution in [0.5, 0.6) is 0 Å². The van der Waals surface area contributed by atoms with Crippen LogP contribution in [0.25, 0.3) is 16.9 Å². The molecule has 0 saturated carbocycles. The number of hydrogen-bond acceptors (Lipinski definition) is 0. The zero-order chi connectivity index (χ0) is 38.5. The van der Waals surface area contributed by atoms with Crippen molar-refractivity contribution in [2.24, 2.45) is 0 Å². The molecule has 302 valence electrons. The maximum Gasteiger partial charge on any atom is 0.210 e.